The molecule has 0 amide bonds. The molecule has 2 fully saturated rings. The van der Waals surface area contributed by atoms with Crippen LogP contribution in [0.2, 0.25) is 0 Å². The number of carboxylic acids is 1. The highest BCUT2D eigenvalue weighted by Gasteiger charge is 2.28. The van der Waals surface area contributed by atoms with E-state index in [1.165, 1.54) is 38.6 Å². The number of carboxylic acid groups (broad SMARTS) is 1. The van der Waals surface area contributed by atoms with Crippen molar-refractivity contribution in [2.45, 2.75) is 57.9 Å². The summed E-state index contributed by atoms with van der Waals surface area (Å²) in [4.78, 5) is 13.1. The number of hydrogen-bond donors (Lipinski definition) is 1. The maximum Gasteiger partial charge on any atom is 0.303 e. The molecule has 2 aliphatic rings. The van der Waals surface area contributed by atoms with Crippen molar-refractivity contribution < 1.29 is 9.90 Å². The molecule has 0 aromatic heterocycles. The Morgan fingerprint density at radius 3 is 2.71 bits per heavy atom. The number of nitrogens with zero attached hydrogens (tertiary/aromatic N) is 1. The van der Waals surface area contributed by atoms with Gasteiger partial charge >= 0.3 is 5.97 Å². The molecule has 2 atom stereocenters. The Labute approximate surface area is 104 Å². The minimum absolute atomic E-state index is 0.343. The fourth-order valence-electron chi connectivity index (χ4n) is 3.19. The summed E-state index contributed by atoms with van der Waals surface area (Å²) in [7, 11) is 0. The summed E-state index contributed by atoms with van der Waals surface area (Å²) in [6.45, 7) is 4.65. The third-order valence-corrected chi connectivity index (χ3v) is 4.61. The number of likely N-dealkylation sites (tertiary alicyclic amines) is 1. The van der Waals surface area contributed by atoms with Crippen LogP contribution < -0.4 is 0 Å². The Morgan fingerprint density at radius 2 is 2.12 bits per heavy atom. The number of rotatable bonds is 6. The van der Waals surface area contributed by atoms with Crippen LogP contribution in [0.4, 0.5) is 0 Å². The first-order chi connectivity index (χ1) is 8.15. The van der Waals surface area contributed by atoms with Crippen LogP contribution in [0.1, 0.15) is 51.9 Å². The van der Waals surface area contributed by atoms with Crippen LogP contribution in [0.3, 0.4) is 0 Å². The summed E-state index contributed by atoms with van der Waals surface area (Å²) >= 11 is 0. The Kier molecular flexibility index (Phi) is 4.43. The van der Waals surface area contributed by atoms with Gasteiger partial charge in [0.25, 0.3) is 0 Å². The van der Waals surface area contributed by atoms with Crippen LogP contribution in [0, 0.1) is 11.8 Å². The van der Waals surface area contributed by atoms with E-state index in [2.05, 4.69) is 11.8 Å². The molecule has 0 spiro atoms. The minimum atomic E-state index is -0.647. The van der Waals surface area contributed by atoms with E-state index >= 15 is 0 Å². The van der Waals surface area contributed by atoms with E-state index < -0.39 is 5.97 Å². The third kappa shape index (κ3) is 3.70. The highest BCUT2D eigenvalue weighted by molar-refractivity contribution is 5.66. The second kappa shape index (κ2) is 5.85. The summed E-state index contributed by atoms with van der Waals surface area (Å²) in [5.41, 5.74) is 0. The lowest BCUT2D eigenvalue weighted by Crippen LogP contribution is -2.34. The second-order valence-corrected chi connectivity index (χ2v) is 5.96. The average molecular weight is 239 g/mol. The first-order valence-corrected chi connectivity index (χ1v) is 7.11. The Balaban J connectivity index is 1.67. The maximum absolute atomic E-state index is 10.5. The molecule has 17 heavy (non-hydrogen) atoms. The Bertz CT molecular complexity index is 263. The minimum Gasteiger partial charge on any atom is -0.481 e. The molecule has 0 radical (unpaired) electrons. The van der Waals surface area contributed by atoms with Gasteiger partial charge in [0.2, 0.25) is 0 Å². The molecule has 2 rings (SSSR count). The molecule has 0 bridgehead atoms. The van der Waals surface area contributed by atoms with Crippen molar-refractivity contribution >= 4 is 5.97 Å². The SMILES string of the molecule is CC(CC1CCC1)N1CCC(CCC(=O)O)C1. The normalized spacial score (nSPS) is 27.9. The molecule has 98 valence electrons. The molecule has 2 unspecified atom stereocenters. The first kappa shape index (κ1) is 12.9. The highest BCUT2D eigenvalue weighted by Crippen LogP contribution is 2.33. The van der Waals surface area contributed by atoms with Crippen LogP contribution in [-0.2, 0) is 4.79 Å². The van der Waals surface area contributed by atoms with Gasteiger partial charge in [-0.15, -0.1) is 0 Å². The summed E-state index contributed by atoms with van der Waals surface area (Å²) in [5, 5.41) is 8.69. The summed E-state index contributed by atoms with van der Waals surface area (Å²) in [6, 6.07) is 0.704. The zero-order chi connectivity index (χ0) is 12.3. The predicted molar refractivity (Wildman–Crippen MR) is 68.0 cm³/mol. The van der Waals surface area contributed by atoms with Crippen molar-refractivity contribution in [2.75, 3.05) is 13.1 Å². The molecular formula is C14H25NO2. The largest absolute Gasteiger partial charge is 0.481 e. The second-order valence-electron chi connectivity index (χ2n) is 5.96. The standard InChI is InChI=1S/C14H25NO2/c1-11(9-12-3-2-4-12)15-8-7-13(10-15)5-6-14(16)17/h11-13H,2-10H2,1H3,(H,16,17). The highest BCUT2D eigenvalue weighted by atomic mass is 16.4. The number of aliphatic carboxylic acids is 1. The molecule has 1 aliphatic heterocycles. The topological polar surface area (TPSA) is 40.5 Å². The molecule has 0 aromatic rings. The maximum atomic E-state index is 10.5. The van der Waals surface area contributed by atoms with Gasteiger partial charge in [-0.3, -0.25) is 4.79 Å². The van der Waals surface area contributed by atoms with E-state index in [0.29, 0.717) is 18.4 Å². The quantitative estimate of drug-likeness (QED) is 0.775. The van der Waals surface area contributed by atoms with Gasteiger partial charge in [-0.05, 0) is 44.6 Å². The van der Waals surface area contributed by atoms with Gasteiger partial charge in [0.1, 0.15) is 0 Å². The predicted octanol–water partition coefficient (Wildman–Crippen LogP) is 2.75. The molecule has 0 aromatic carbocycles. The van der Waals surface area contributed by atoms with Gasteiger partial charge in [0, 0.05) is 19.0 Å². The van der Waals surface area contributed by atoms with Crippen molar-refractivity contribution in [3.8, 4) is 0 Å². The summed E-state index contributed by atoms with van der Waals surface area (Å²) in [5.74, 6) is 0.948. The van der Waals surface area contributed by atoms with Crippen LogP contribution in [0.5, 0.6) is 0 Å². The van der Waals surface area contributed by atoms with E-state index in [0.717, 1.165) is 18.9 Å². The van der Waals surface area contributed by atoms with Gasteiger partial charge < -0.3 is 10.0 Å². The van der Waals surface area contributed by atoms with Crippen LogP contribution >= 0.6 is 0 Å². The fourth-order valence-corrected chi connectivity index (χ4v) is 3.19. The zero-order valence-corrected chi connectivity index (χ0v) is 10.9. The van der Waals surface area contributed by atoms with E-state index in [1.54, 1.807) is 0 Å². The third-order valence-electron chi connectivity index (χ3n) is 4.61. The lowest BCUT2D eigenvalue weighted by molar-refractivity contribution is -0.137. The molecule has 3 nitrogen and oxygen atoms in total. The number of carbonyl (C=O) groups is 1. The van der Waals surface area contributed by atoms with Crippen LogP contribution in [0.15, 0.2) is 0 Å². The first-order valence-electron chi connectivity index (χ1n) is 7.11. The molecule has 3 heteroatoms. The van der Waals surface area contributed by atoms with E-state index in [9.17, 15) is 4.79 Å². The van der Waals surface area contributed by atoms with Crippen LogP contribution in [-0.4, -0.2) is 35.1 Å². The number of hydrogen-bond acceptors (Lipinski definition) is 2. The monoisotopic (exact) mass is 239 g/mol. The van der Waals surface area contributed by atoms with E-state index in [1.807, 2.05) is 0 Å². The van der Waals surface area contributed by atoms with Gasteiger partial charge in [0.05, 0.1) is 0 Å². The van der Waals surface area contributed by atoms with Gasteiger partial charge in [-0.1, -0.05) is 19.3 Å². The zero-order valence-electron chi connectivity index (χ0n) is 10.9. The lowest BCUT2D eigenvalue weighted by atomic mass is 9.81. The van der Waals surface area contributed by atoms with Crippen molar-refractivity contribution in [2.24, 2.45) is 11.8 Å². The Morgan fingerprint density at radius 1 is 1.35 bits per heavy atom. The molecule has 1 saturated carbocycles. The summed E-state index contributed by atoms with van der Waals surface area (Å²) in [6.07, 6.45) is 8.05. The molecule has 1 heterocycles. The van der Waals surface area contributed by atoms with Crippen molar-refractivity contribution in [1.82, 2.24) is 4.90 Å². The lowest BCUT2D eigenvalue weighted by Gasteiger charge is -2.32. The molecular weight excluding hydrogens is 214 g/mol. The van der Waals surface area contributed by atoms with Gasteiger partial charge in [0.15, 0.2) is 0 Å². The van der Waals surface area contributed by atoms with Gasteiger partial charge in [-0.2, -0.15) is 0 Å². The molecule has 1 saturated heterocycles. The molecule has 1 N–H and O–H groups in total. The smallest absolute Gasteiger partial charge is 0.303 e. The van der Waals surface area contributed by atoms with Crippen molar-refractivity contribution in [1.29, 1.82) is 0 Å². The van der Waals surface area contributed by atoms with Crippen molar-refractivity contribution in [3.05, 3.63) is 0 Å². The fraction of sp³-hybridized carbons (Fsp3) is 0.929. The average Bonchev–Trinajstić information content (AvgIpc) is 2.69. The van der Waals surface area contributed by atoms with E-state index in [4.69, 9.17) is 5.11 Å². The Hall–Kier alpha value is -0.570. The summed E-state index contributed by atoms with van der Waals surface area (Å²) < 4.78 is 0. The van der Waals surface area contributed by atoms with Crippen LogP contribution in [0.25, 0.3) is 0 Å². The van der Waals surface area contributed by atoms with Gasteiger partial charge in [-0.25, -0.2) is 0 Å². The van der Waals surface area contributed by atoms with E-state index in [-0.39, 0.29) is 0 Å². The molecule has 1 aliphatic carbocycles. The van der Waals surface area contributed by atoms with Crippen molar-refractivity contribution in [3.63, 3.8) is 0 Å².